The molecule has 1 aliphatic heterocycles. The fourth-order valence-corrected chi connectivity index (χ4v) is 11.0. The van der Waals surface area contributed by atoms with E-state index in [1.807, 2.05) is 6.08 Å². The lowest BCUT2D eigenvalue weighted by atomic mass is 9.99. The lowest BCUT2D eigenvalue weighted by Crippen LogP contribution is -2.61. The van der Waals surface area contributed by atoms with Crippen LogP contribution in [0.1, 0.15) is 316 Å². The number of esters is 1. The first kappa shape index (κ1) is 80.9. The van der Waals surface area contributed by atoms with Crippen molar-refractivity contribution in [2.75, 3.05) is 13.2 Å². The zero-order valence-corrected chi connectivity index (χ0v) is 55.4. The number of hydrogen-bond donors (Lipinski definition) is 6. The Kier molecular flexibility index (Phi) is 58.3. The second-order valence-electron chi connectivity index (χ2n) is 24.6. The van der Waals surface area contributed by atoms with Gasteiger partial charge in [-0.3, -0.25) is 9.59 Å². The van der Waals surface area contributed by atoms with Gasteiger partial charge < -0.3 is 45.1 Å². The van der Waals surface area contributed by atoms with Gasteiger partial charge in [0.05, 0.1) is 25.4 Å². The number of aliphatic hydroxyl groups excluding tert-OH is 5. The number of amides is 1. The van der Waals surface area contributed by atoms with Crippen molar-refractivity contribution in [2.24, 2.45) is 0 Å². The molecule has 0 radical (unpaired) electrons. The summed E-state index contributed by atoms with van der Waals surface area (Å²) < 4.78 is 17.7. The maximum Gasteiger partial charge on any atom is 0.306 e. The average Bonchev–Trinajstić information content (AvgIpc) is 3.68. The largest absolute Gasteiger partial charge is 0.454 e. The fourth-order valence-electron chi connectivity index (χ4n) is 11.0. The van der Waals surface area contributed by atoms with E-state index >= 15 is 0 Å². The van der Waals surface area contributed by atoms with Crippen LogP contribution in [0.15, 0.2) is 85.1 Å². The van der Waals surface area contributed by atoms with Gasteiger partial charge in [-0.25, -0.2) is 0 Å². The van der Waals surface area contributed by atoms with Crippen molar-refractivity contribution in [3.8, 4) is 0 Å². The van der Waals surface area contributed by atoms with Crippen LogP contribution in [0, 0.1) is 0 Å². The Morgan fingerprint density at radius 1 is 0.465 bits per heavy atom. The number of aliphatic hydroxyl groups is 5. The molecule has 86 heavy (non-hydrogen) atoms. The van der Waals surface area contributed by atoms with Crippen molar-refractivity contribution in [1.82, 2.24) is 5.32 Å². The summed E-state index contributed by atoms with van der Waals surface area (Å²) in [6.07, 6.45) is 71.9. The first-order valence-corrected chi connectivity index (χ1v) is 35.9. The van der Waals surface area contributed by atoms with Gasteiger partial charge in [-0.1, -0.05) is 318 Å². The van der Waals surface area contributed by atoms with Gasteiger partial charge in [-0.15, -0.1) is 0 Å². The molecule has 0 aromatic rings. The third kappa shape index (κ3) is 48.7. The Bertz CT molecular complexity index is 1720. The molecule has 11 heteroatoms. The smallest absolute Gasteiger partial charge is 0.306 e. The molecule has 1 fully saturated rings. The van der Waals surface area contributed by atoms with Gasteiger partial charge in [0.2, 0.25) is 5.91 Å². The Hall–Kier alpha value is -3.16. The van der Waals surface area contributed by atoms with E-state index in [1.165, 1.54) is 161 Å². The van der Waals surface area contributed by atoms with Gasteiger partial charge in [-0.2, -0.15) is 0 Å². The van der Waals surface area contributed by atoms with E-state index in [1.54, 1.807) is 6.08 Å². The van der Waals surface area contributed by atoms with E-state index < -0.39 is 67.4 Å². The number of ether oxygens (including phenoxy) is 3. The standard InChI is InChI=1S/C75H133NO10/c1-4-7-10-13-16-19-22-25-27-29-31-33-34-35-37-38-40-42-44-47-50-53-56-59-62-68(79)74(83)76-66(67(78)61-58-55-52-49-46-24-21-18-15-12-9-6-3)65-84-75-73(72(82)71(81)69(64-77)85-75)86-70(80)63-60-57-54-51-48-45-43-41-39-36-32-30-28-26-23-20-17-14-11-8-5-2/h7,10,16,19,25,27,31,33,35,37,40,42,58,61,66-69,71-73,75,77-79,81-82H,4-6,8-9,11-15,17-18,20-24,26,28-30,32,34,36,38-39,41,43-57,59-60,62-65H2,1-3H3,(H,76,83)/b10-7-,19-16-,27-25-,33-31-,37-35-,42-40-,61-58+. The number of rotatable bonds is 61. The molecule has 0 spiro atoms. The van der Waals surface area contributed by atoms with Crippen molar-refractivity contribution >= 4 is 11.9 Å². The van der Waals surface area contributed by atoms with Crippen molar-refractivity contribution < 1.29 is 49.3 Å². The van der Waals surface area contributed by atoms with E-state index in [0.29, 0.717) is 12.8 Å². The zero-order valence-electron chi connectivity index (χ0n) is 55.4. The molecule has 1 saturated heterocycles. The predicted octanol–water partition coefficient (Wildman–Crippen LogP) is 18.5. The molecule has 0 saturated carbocycles. The molecule has 1 amide bonds. The Balaban J connectivity index is 2.59. The normalized spacial score (nSPS) is 18.8. The van der Waals surface area contributed by atoms with Crippen LogP contribution in [0.2, 0.25) is 0 Å². The first-order chi connectivity index (χ1) is 42.2. The molecule has 1 rings (SSSR count). The molecular formula is C75H133NO10. The number of nitrogens with one attached hydrogen (secondary N) is 1. The van der Waals surface area contributed by atoms with Gasteiger partial charge in [-0.05, 0) is 77.0 Å². The third-order valence-electron chi connectivity index (χ3n) is 16.6. The van der Waals surface area contributed by atoms with Crippen LogP contribution in [0.25, 0.3) is 0 Å². The highest BCUT2D eigenvalue weighted by Gasteiger charge is 2.47. The third-order valence-corrected chi connectivity index (χ3v) is 16.6. The predicted molar refractivity (Wildman–Crippen MR) is 361 cm³/mol. The monoisotopic (exact) mass is 1210 g/mol. The van der Waals surface area contributed by atoms with Crippen molar-refractivity contribution in [3.05, 3.63) is 85.1 Å². The topological polar surface area (TPSA) is 175 Å². The minimum atomic E-state index is -1.62. The van der Waals surface area contributed by atoms with E-state index in [2.05, 4.69) is 99.0 Å². The summed E-state index contributed by atoms with van der Waals surface area (Å²) >= 11 is 0. The summed E-state index contributed by atoms with van der Waals surface area (Å²) in [6.45, 7) is 5.70. The van der Waals surface area contributed by atoms with Crippen LogP contribution in [-0.2, 0) is 23.8 Å². The lowest BCUT2D eigenvalue weighted by Gasteiger charge is -2.41. The molecule has 498 valence electrons. The van der Waals surface area contributed by atoms with Gasteiger partial charge in [0.15, 0.2) is 12.4 Å². The van der Waals surface area contributed by atoms with Gasteiger partial charge in [0, 0.05) is 6.42 Å². The molecule has 0 bridgehead atoms. The van der Waals surface area contributed by atoms with Crippen LogP contribution in [0.4, 0.5) is 0 Å². The summed E-state index contributed by atoms with van der Waals surface area (Å²) in [6, 6.07) is -1.04. The molecule has 0 aromatic carbocycles. The lowest BCUT2D eigenvalue weighted by molar-refractivity contribution is -0.305. The van der Waals surface area contributed by atoms with Gasteiger partial charge in [0.1, 0.15) is 24.4 Å². The van der Waals surface area contributed by atoms with E-state index in [0.717, 1.165) is 109 Å². The summed E-state index contributed by atoms with van der Waals surface area (Å²) in [5.74, 6) is -1.20. The number of carbonyl (C=O) groups excluding carboxylic acids is 2. The molecule has 6 N–H and O–H groups in total. The van der Waals surface area contributed by atoms with E-state index in [-0.39, 0.29) is 19.4 Å². The second kappa shape index (κ2) is 62.1. The van der Waals surface area contributed by atoms with Crippen molar-refractivity contribution in [2.45, 2.75) is 365 Å². The van der Waals surface area contributed by atoms with Crippen LogP contribution >= 0.6 is 0 Å². The molecular weight excluding hydrogens is 1070 g/mol. The van der Waals surface area contributed by atoms with Gasteiger partial charge >= 0.3 is 5.97 Å². The number of hydrogen-bond acceptors (Lipinski definition) is 10. The average molecular weight is 1210 g/mol. The molecule has 0 aliphatic carbocycles. The quantitative estimate of drug-likeness (QED) is 0.0195. The maximum atomic E-state index is 13.5. The second-order valence-corrected chi connectivity index (χ2v) is 24.6. The Morgan fingerprint density at radius 3 is 1.26 bits per heavy atom. The number of carbonyl (C=O) groups is 2. The summed E-state index contributed by atoms with van der Waals surface area (Å²) in [5, 5.41) is 57.2. The van der Waals surface area contributed by atoms with Gasteiger partial charge in [0.25, 0.3) is 0 Å². The highest BCUT2D eigenvalue weighted by molar-refractivity contribution is 5.80. The van der Waals surface area contributed by atoms with Crippen LogP contribution in [-0.4, -0.2) is 99.6 Å². The molecule has 1 heterocycles. The van der Waals surface area contributed by atoms with Crippen molar-refractivity contribution in [1.29, 1.82) is 0 Å². The minimum absolute atomic E-state index is 0.123. The Morgan fingerprint density at radius 2 is 0.837 bits per heavy atom. The van der Waals surface area contributed by atoms with Crippen LogP contribution in [0.3, 0.4) is 0 Å². The molecule has 8 unspecified atom stereocenters. The SMILES string of the molecule is CC/C=C\C/C=C\C/C=C\C/C=C\C/C=C\C/C=C\CCCCCCCC(O)C(=O)NC(COC1OC(CO)C(O)C(O)C1OC(=O)CCCCCCCCCCCCCCCCCCCCCCC)C(O)/C=C/CCCCCCCCCCCC. The molecule has 8 atom stereocenters. The van der Waals surface area contributed by atoms with Crippen LogP contribution < -0.4 is 5.32 Å². The van der Waals surface area contributed by atoms with Crippen molar-refractivity contribution in [3.63, 3.8) is 0 Å². The van der Waals surface area contributed by atoms with E-state index in [9.17, 15) is 35.1 Å². The Labute approximate surface area is 527 Å². The first-order valence-electron chi connectivity index (χ1n) is 35.9. The van der Waals surface area contributed by atoms with E-state index in [4.69, 9.17) is 14.2 Å². The summed E-state index contributed by atoms with van der Waals surface area (Å²) in [4.78, 5) is 26.7. The number of allylic oxidation sites excluding steroid dienone is 13. The fraction of sp³-hybridized carbons (Fsp3) is 0.787. The zero-order chi connectivity index (χ0) is 62.4. The maximum absolute atomic E-state index is 13.5. The molecule has 0 aromatic heterocycles. The summed E-state index contributed by atoms with van der Waals surface area (Å²) in [7, 11) is 0. The number of unbranched alkanes of at least 4 members (excludes halogenated alkanes) is 35. The molecule has 11 nitrogen and oxygen atoms in total. The minimum Gasteiger partial charge on any atom is -0.454 e. The highest BCUT2D eigenvalue weighted by atomic mass is 16.7. The summed E-state index contributed by atoms with van der Waals surface area (Å²) in [5.41, 5.74) is 0. The highest BCUT2D eigenvalue weighted by Crippen LogP contribution is 2.26. The molecule has 1 aliphatic rings. The van der Waals surface area contributed by atoms with Crippen LogP contribution in [0.5, 0.6) is 0 Å².